The SMILES string of the molecule is C=CCOS(=O)(=O)C1CCCc2ccccc21. The Morgan fingerprint density at radius 3 is 2.94 bits per heavy atom. The van der Waals surface area contributed by atoms with Gasteiger partial charge in [0.2, 0.25) is 0 Å². The van der Waals surface area contributed by atoms with Crippen molar-refractivity contribution in [1.29, 1.82) is 0 Å². The van der Waals surface area contributed by atoms with E-state index in [2.05, 4.69) is 6.58 Å². The molecule has 0 aromatic heterocycles. The van der Waals surface area contributed by atoms with Gasteiger partial charge in [0.1, 0.15) is 5.25 Å². The molecule has 0 N–H and O–H groups in total. The Kier molecular flexibility index (Phi) is 3.64. The number of hydrogen-bond donors (Lipinski definition) is 0. The fraction of sp³-hybridized carbons (Fsp3) is 0.385. The Labute approximate surface area is 102 Å². The topological polar surface area (TPSA) is 43.4 Å². The fourth-order valence-corrected chi connectivity index (χ4v) is 3.68. The smallest absolute Gasteiger partial charge is 0.265 e. The van der Waals surface area contributed by atoms with Gasteiger partial charge in [0.05, 0.1) is 6.61 Å². The molecule has 4 heteroatoms. The van der Waals surface area contributed by atoms with E-state index in [9.17, 15) is 8.42 Å². The Hall–Kier alpha value is -1.13. The van der Waals surface area contributed by atoms with Crippen LogP contribution in [-0.4, -0.2) is 15.0 Å². The number of hydrogen-bond acceptors (Lipinski definition) is 3. The molecule has 0 bridgehead atoms. The monoisotopic (exact) mass is 252 g/mol. The second-order valence-electron chi connectivity index (χ2n) is 4.15. The highest BCUT2D eigenvalue weighted by Crippen LogP contribution is 2.36. The summed E-state index contributed by atoms with van der Waals surface area (Å²) in [5.74, 6) is 0. The Morgan fingerprint density at radius 1 is 1.41 bits per heavy atom. The molecular weight excluding hydrogens is 236 g/mol. The molecule has 92 valence electrons. The molecule has 2 rings (SSSR count). The first-order chi connectivity index (χ1) is 8.15. The molecular formula is C13H16O3S. The van der Waals surface area contributed by atoms with Crippen molar-refractivity contribution in [1.82, 2.24) is 0 Å². The summed E-state index contributed by atoms with van der Waals surface area (Å²) in [5, 5.41) is -0.521. The minimum Gasteiger partial charge on any atom is -0.265 e. The summed E-state index contributed by atoms with van der Waals surface area (Å²) in [4.78, 5) is 0. The van der Waals surface area contributed by atoms with Crippen LogP contribution in [0.1, 0.15) is 29.2 Å². The summed E-state index contributed by atoms with van der Waals surface area (Å²) in [6.45, 7) is 3.51. The van der Waals surface area contributed by atoms with Gasteiger partial charge >= 0.3 is 0 Å². The third kappa shape index (κ3) is 2.58. The van der Waals surface area contributed by atoms with E-state index in [0.29, 0.717) is 6.42 Å². The Bertz CT molecular complexity index is 505. The van der Waals surface area contributed by atoms with Crippen molar-refractivity contribution < 1.29 is 12.6 Å². The van der Waals surface area contributed by atoms with Crippen molar-refractivity contribution in [3.05, 3.63) is 48.0 Å². The molecule has 1 aliphatic rings. The summed E-state index contributed by atoms with van der Waals surface area (Å²) in [7, 11) is -3.53. The van der Waals surface area contributed by atoms with Crippen LogP contribution in [0.25, 0.3) is 0 Å². The van der Waals surface area contributed by atoms with E-state index in [4.69, 9.17) is 4.18 Å². The van der Waals surface area contributed by atoms with Crippen LogP contribution in [0.3, 0.4) is 0 Å². The van der Waals surface area contributed by atoms with Gasteiger partial charge in [0.15, 0.2) is 0 Å². The summed E-state index contributed by atoms with van der Waals surface area (Å²) in [5.41, 5.74) is 2.01. The molecule has 0 fully saturated rings. The van der Waals surface area contributed by atoms with E-state index in [1.165, 1.54) is 6.08 Å². The molecule has 1 aliphatic carbocycles. The highest BCUT2D eigenvalue weighted by atomic mass is 32.2. The second kappa shape index (κ2) is 5.02. The maximum atomic E-state index is 12.0. The van der Waals surface area contributed by atoms with E-state index >= 15 is 0 Å². The quantitative estimate of drug-likeness (QED) is 0.611. The third-order valence-corrected chi connectivity index (χ3v) is 4.66. The number of rotatable bonds is 4. The summed E-state index contributed by atoms with van der Waals surface area (Å²) < 4.78 is 29.0. The molecule has 1 atom stereocenters. The Balaban J connectivity index is 2.32. The molecule has 1 aromatic carbocycles. The van der Waals surface area contributed by atoms with Crippen LogP contribution in [0.15, 0.2) is 36.9 Å². The zero-order valence-electron chi connectivity index (χ0n) is 9.63. The zero-order valence-corrected chi connectivity index (χ0v) is 10.4. The van der Waals surface area contributed by atoms with Gasteiger partial charge < -0.3 is 0 Å². The van der Waals surface area contributed by atoms with Gasteiger partial charge in [0, 0.05) is 0 Å². The van der Waals surface area contributed by atoms with E-state index in [1.54, 1.807) is 0 Å². The first-order valence-corrected chi connectivity index (χ1v) is 7.19. The van der Waals surface area contributed by atoms with Gasteiger partial charge in [0.25, 0.3) is 10.1 Å². The minimum absolute atomic E-state index is 0.0427. The highest BCUT2D eigenvalue weighted by Gasteiger charge is 2.31. The number of aryl methyl sites for hydroxylation is 1. The van der Waals surface area contributed by atoms with Crippen molar-refractivity contribution >= 4 is 10.1 Å². The van der Waals surface area contributed by atoms with Gasteiger partial charge in [-0.1, -0.05) is 30.3 Å². The predicted molar refractivity (Wildman–Crippen MR) is 67.2 cm³/mol. The van der Waals surface area contributed by atoms with Crippen molar-refractivity contribution in [2.75, 3.05) is 6.61 Å². The van der Waals surface area contributed by atoms with Crippen LogP contribution in [0.2, 0.25) is 0 Å². The standard InChI is InChI=1S/C13H16O3S/c1-2-10-16-17(14,15)13-9-5-7-11-6-3-4-8-12(11)13/h2-4,6,8,13H,1,5,7,9-10H2. The van der Waals surface area contributed by atoms with E-state index < -0.39 is 15.4 Å². The van der Waals surface area contributed by atoms with Crippen molar-refractivity contribution in [2.45, 2.75) is 24.5 Å². The molecule has 3 nitrogen and oxygen atoms in total. The first kappa shape index (κ1) is 12.3. The maximum absolute atomic E-state index is 12.0. The number of benzene rings is 1. The molecule has 0 heterocycles. The van der Waals surface area contributed by atoms with Crippen LogP contribution in [0.5, 0.6) is 0 Å². The van der Waals surface area contributed by atoms with Gasteiger partial charge in [-0.15, -0.1) is 6.58 Å². The largest absolute Gasteiger partial charge is 0.274 e. The Morgan fingerprint density at radius 2 is 2.18 bits per heavy atom. The van der Waals surface area contributed by atoms with Crippen LogP contribution in [-0.2, 0) is 20.7 Å². The van der Waals surface area contributed by atoms with Gasteiger partial charge in [-0.05, 0) is 30.4 Å². The molecule has 0 saturated carbocycles. The van der Waals surface area contributed by atoms with Crippen LogP contribution in [0, 0.1) is 0 Å². The van der Waals surface area contributed by atoms with E-state index in [-0.39, 0.29) is 6.61 Å². The fourth-order valence-electron chi connectivity index (χ4n) is 2.23. The molecule has 0 amide bonds. The van der Waals surface area contributed by atoms with Crippen LogP contribution < -0.4 is 0 Å². The molecule has 0 aliphatic heterocycles. The van der Waals surface area contributed by atoms with Crippen molar-refractivity contribution in [2.24, 2.45) is 0 Å². The average molecular weight is 252 g/mol. The summed E-state index contributed by atoms with van der Waals surface area (Å²) in [6.07, 6.45) is 3.92. The lowest BCUT2D eigenvalue weighted by atomic mass is 9.91. The third-order valence-electron chi connectivity index (χ3n) is 3.01. The van der Waals surface area contributed by atoms with E-state index in [0.717, 1.165) is 24.0 Å². The van der Waals surface area contributed by atoms with Gasteiger partial charge in [-0.3, -0.25) is 4.18 Å². The molecule has 0 spiro atoms. The lowest BCUT2D eigenvalue weighted by molar-refractivity contribution is 0.345. The zero-order chi connectivity index (χ0) is 12.3. The predicted octanol–water partition coefficient (Wildman–Crippen LogP) is 2.60. The lowest BCUT2D eigenvalue weighted by Gasteiger charge is -2.24. The molecule has 1 aromatic rings. The van der Waals surface area contributed by atoms with Crippen LogP contribution in [0.4, 0.5) is 0 Å². The van der Waals surface area contributed by atoms with Gasteiger partial charge in [-0.25, -0.2) is 0 Å². The summed E-state index contributed by atoms with van der Waals surface area (Å²) in [6, 6.07) is 7.69. The molecule has 17 heavy (non-hydrogen) atoms. The average Bonchev–Trinajstić information content (AvgIpc) is 2.36. The van der Waals surface area contributed by atoms with Gasteiger partial charge in [-0.2, -0.15) is 8.42 Å². The van der Waals surface area contributed by atoms with Crippen LogP contribution >= 0.6 is 0 Å². The van der Waals surface area contributed by atoms with Crippen molar-refractivity contribution in [3.8, 4) is 0 Å². The maximum Gasteiger partial charge on any atom is 0.274 e. The lowest BCUT2D eigenvalue weighted by Crippen LogP contribution is -2.21. The first-order valence-electron chi connectivity index (χ1n) is 5.72. The second-order valence-corrected chi connectivity index (χ2v) is 5.94. The number of fused-ring (bicyclic) bond motifs is 1. The molecule has 0 saturated heterocycles. The highest BCUT2D eigenvalue weighted by molar-refractivity contribution is 7.87. The van der Waals surface area contributed by atoms with Crippen molar-refractivity contribution in [3.63, 3.8) is 0 Å². The molecule has 0 radical (unpaired) electrons. The minimum atomic E-state index is -3.53. The normalized spacial score (nSPS) is 19.6. The molecule has 1 unspecified atom stereocenters. The van der Waals surface area contributed by atoms with E-state index in [1.807, 2.05) is 24.3 Å². The summed E-state index contributed by atoms with van der Waals surface area (Å²) >= 11 is 0.